The molecule has 0 bridgehead atoms. The maximum absolute atomic E-state index is 12.5. The highest BCUT2D eigenvalue weighted by Gasteiger charge is 2.28. The summed E-state index contributed by atoms with van der Waals surface area (Å²) in [7, 11) is 4.29. The predicted octanol–water partition coefficient (Wildman–Crippen LogP) is 1.48. The van der Waals surface area contributed by atoms with Gasteiger partial charge in [0.15, 0.2) is 11.5 Å². The molecule has 2 aliphatic rings. The van der Waals surface area contributed by atoms with E-state index in [-0.39, 0.29) is 29.4 Å². The van der Waals surface area contributed by atoms with Crippen LogP contribution in [-0.4, -0.2) is 62.5 Å². The van der Waals surface area contributed by atoms with Gasteiger partial charge in [0.25, 0.3) is 5.91 Å². The lowest BCUT2D eigenvalue weighted by Crippen LogP contribution is -2.46. The van der Waals surface area contributed by atoms with E-state index in [2.05, 4.69) is 15.6 Å². The summed E-state index contributed by atoms with van der Waals surface area (Å²) in [5.41, 5.74) is 1.81. The van der Waals surface area contributed by atoms with Crippen LogP contribution in [0, 0.1) is 5.92 Å². The maximum Gasteiger partial charge on any atom is 0.326 e. The van der Waals surface area contributed by atoms with Gasteiger partial charge in [-0.15, -0.1) is 0 Å². The molecule has 1 aliphatic carbocycles. The number of amides is 2. The number of benzene rings is 1. The molecule has 1 aliphatic heterocycles. The number of nitrogens with one attached hydrogen (secondary N) is 2. The first-order valence-electron chi connectivity index (χ1n) is 10.1. The van der Waals surface area contributed by atoms with Crippen LogP contribution in [0.1, 0.15) is 16.8 Å². The van der Waals surface area contributed by atoms with Crippen LogP contribution in [0.3, 0.4) is 0 Å². The number of nitrogens with zero attached hydrogens (tertiary/aromatic N) is 1. The van der Waals surface area contributed by atoms with Crippen molar-refractivity contribution in [1.29, 1.82) is 0 Å². The summed E-state index contributed by atoms with van der Waals surface area (Å²) in [6.07, 6.45) is 9.25. The Morgan fingerprint density at radius 2 is 1.79 bits per heavy atom. The summed E-state index contributed by atoms with van der Waals surface area (Å²) in [4.78, 5) is 40.9. The van der Waals surface area contributed by atoms with Gasteiger partial charge in [0.2, 0.25) is 11.7 Å². The molecule has 0 saturated heterocycles. The molecule has 10 nitrogen and oxygen atoms in total. The molecule has 3 N–H and O–H groups in total. The largest absolute Gasteiger partial charge is 0.493 e. The number of fused-ring (bicyclic) bond motifs is 1. The fourth-order valence-electron chi connectivity index (χ4n) is 3.54. The van der Waals surface area contributed by atoms with Crippen LogP contribution in [0.15, 0.2) is 53.2 Å². The smallest absolute Gasteiger partial charge is 0.326 e. The van der Waals surface area contributed by atoms with E-state index in [1.807, 2.05) is 24.3 Å². The molecule has 0 fully saturated rings. The normalized spacial score (nSPS) is 16.8. The number of rotatable bonds is 10. The number of aliphatic imine (C=N–C) groups is 1. The molecule has 1 aromatic carbocycles. The molecule has 0 aromatic heterocycles. The van der Waals surface area contributed by atoms with E-state index in [0.29, 0.717) is 5.75 Å². The highest BCUT2D eigenvalue weighted by atomic mass is 16.5. The molecule has 33 heavy (non-hydrogen) atoms. The lowest BCUT2D eigenvalue weighted by atomic mass is 9.89. The predicted molar refractivity (Wildman–Crippen MR) is 120 cm³/mol. The van der Waals surface area contributed by atoms with Crippen molar-refractivity contribution in [1.82, 2.24) is 10.6 Å². The first kappa shape index (κ1) is 23.6. The molecular weight excluding hydrogens is 430 g/mol. The SMILES string of the molecule is COc1cc(C(=O)NCC(=O)NC(CC2=CN=C3C=CC=CC23)C(=O)O)cc(OC)c1OC. The van der Waals surface area contributed by atoms with Crippen molar-refractivity contribution in [3.63, 3.8) is 0 Å². The van der Waals surface area contributed by atoms with Crippen molar-refractivity contribution >= 4 is 23.5 Å². The molecule has 3 rings (SSSR count). The first-order chi connectivity index (χ1) is 15.9. The highest BCUT2D eigenvalue weighted by Crippen LogP contribution is 2.38. The van der Waals surface area contributed by atoms with E-state index in [1.165, 1.54) is 33.5 Å². The van der Waals surface area contributed by atoms with Gasteiger partial charge in [0, 0.05) is 24.1 Å². The van der Waals surface area contributed by atoms with Crippen molar-refractivity contribution in [3.8, 4) is 17.2 Å². The topological polar surface area (TPSA) is 136 Å². The third-order valence-electron chi connectivity index (χ3n) is 5.19. The quantitative estimate of drug-likeness (QED) is 0.486. The first-order valence-corrected chi connectivity index (χ1v) is 10.1. The zero-order valence-corrected chi connectivity index (χ0v) is 18.5. The third kappa shape index (κ3) is 5.40. The fourth-order valence-corrected chi connectivity index (χ4v) is 3.54. The summed E-state index contributed by atoms with van der Waals surface area (Å²) < 4.78 is 15.7. The second kappa shape index (κ2) is 10.5. The number of carboxylic acid groups (broad SMARTS) is 1. The molecule has 10 heteroatoms. The van der Waals surface area contributed by atoms with Crippen molar-refractivity contribution in [2.75, 3.05) is 27.9 Å². The zero-order chi connectivity index (χ0) is 24.0. The number of methoxy groups -OCH3 is 3. The lowest BCUT2D eigenvalue weighted by molar-refractivity contribution is -0.141. The Kier molecular flexibility index (Phi) is 7.50. The molecule has 2 atom stereocenters. The minimum atomic E-state index is -1.18. The van der Waals surface area contributed by atoms with Gasteiger partial charge in [-0.25, -0.2) is 4.79 Å². The van der Waals surface area contributed by atoms with Crippen molar-refractivity contribution in [2.24, 2.45) is 10.9 Å². The lowest BCUT2D eigenvalue weighted by Gasteiger charge is -2.19. The van der Waals surface area contributed by atoms with Crippen LogP contribution >= 0.6 is 0 Å². The fraction of sp³-hybridized carbons (Fsp3) is 0.304. The average Bonchev–Trinajstić information content (AvgIpc) is 3.23. The van der Waals surface area contributed by atoms with Gasteiger partial charge in [-0.05, 0) is 23.8 Å². The second-order valence-corrected chi connectivity index (χ2v) is 7.24. The van der Waals surface area contributed by atoms with Gasteiger partial charge in [-0.1, -0.05) is 18.2 Å². The summed E-state index contributed by atoms with van der Waals surface area (Å²) in [5.74, 6) is -1.56. The highest BCUT2D eigenvalue weighted by molar-refractivity contribution is 6.03. The number of allylic oxidation sites excluding steroid dienone is 4. The molecule has 0 radical (unpaired) electrons. The summed E-state index contributed by atoms with van der Waals surface area (Å²) >= 11 is 0. The Morgan fingerprint density at radius 3 is 2.39 bits per heavy atom. The van der Waals surface area contributed by atoms with Gasteiger partial charge in [-0.3, -0.25) is 14.6 Å². The molecule has 1 heterocycles. The maximum atomic E-state index is 12.5. The Balaban J connectivity index is 1.59. The van der Waals surface area contributed by atoms with Crippen LogP contribution in [-0.2, 0) is 9.59 Å². The summed E-state index contributed by atoms with van der Waals surface area (Å²) in [5, 5.41) is 14.5. The number of aliphatic carboxylic acids is 1. The Hall–Kier alpha value is -4.08. The van der Waals surface area contributed by atoms with Gasteiger partial charge >= 0.3 is 5.97 Å². The van der Waals surface area contributed by atoms with E-state index < -0.39 is 30.4 Å². The summed E-state index contributed by atoms with van der Waals surface area (Å²) in [6.45, 7) is -0.411. The number of carbonyl (C=O) groups excluding carboxylic acids is 2. The van der Waals surface area contributed by atoms with Crippen LogP contribution < -0.4 is 24.8 Å². The van der Waals surface area contributed by atoms with Gasteiger partial charge in [-0.2, -0.15) is 0 Å². The number of hydrogen-bond donors (Lipinski definition) is 3. The van der Waals surface area contributed by atoms with Crippen molar-refractivity contribution in [2.45, 2.75) is 12.5 Å². The van der Waals surface area contributed by atoms with Crippen LogP contribution in [0.4, 0.5) is 0 Å². The Bertz CT molecular complexity index is 1050. The standard InChI is InChI=1S/C23H25N3O7/c1-31-18-9-13(10-19(32-2)21(18)33-3)22(28)25-12-20(27)26-17(23(29)30)8-14-11-24-16-7-5-4-6-15(14)16/h4-7,9-11,15,17H,8,12H2,1-3H3,(H,25,28)(H,26,27)(H,29,30). The molecule has 0 saturated carbocycles. The van der Waals surface area contributed by atoms with Gasteiger partial charge in [0.05, 0.1) is 33.6 Å². The Morgan fingerprint density at radius 1 is 1.09 bits per heavy atom. The summed E-state index contributed by atoms with van der Waals surface area (Å²) in [6, 6.07) is 1.74. The number of ether oxygens (including phenoxy) is 3. The van der Waals surface area contributed by atoms with Gasteiger partial charge < -0.3 is 30.0 Å². The molecule has 0 spiro atoms. The van der Waals surface area contributed by atoms with Crippen LogP contribution in [0.2, 0.25) is 0 Å². The molecule has 2 unspecified atom stereocenters. The van der Waals surface area contributed by atoms with E-state index in [4.69, 9.17) is 14.2 Å². The minimum Gasteiger partial charge on any atom is -0.493 e. The van der Waals surface area contributed by atoms with Gasteiger partial charge in [0.1, 0.15) is 6.04 Å². The number of carbonyl (C=O) groups is 3. The number of carboxylic acids is 1. The zero-order valence-electron chi connectivity index (χ0n) is 18.5. The Labute approximate surface area is 190 Å². The molecule has 174 valence electrons. The molecule has 1 aromatic rings. The third-order valence-corrected chi connectivity index (χ3v) is 5.19. The minimum absolute atomic E-state index is 0.0894. The monoisotopic (exact) mass is 455 g/mol. The van der Waals surface area contributed by atoms with Crippen molar-refractivity contribution < 1.29 is 33.7 Å². The second-order valence-electron chi connectivity index (χ2n) is 7.24. The molecule has 2 amide bonds. The van der Waals surface area contributed by atoms with E-state index in [9.17, 15) is 19.5 Å². The van der Waals surface area contributed by atoms with E-state index in [0.717, 1.165) is 11.3 Å². The molecular formula is C23H25N3O7. The van der Waals surface area contributed by atoms with Crippen LogP contribution in [0.25, 0.3) is 0 Å². The number of hydrogen-bond acceptors (Lipinski definition) is 7. The van der Waals surface area contributed by atoms with Crippen molar-refractivity contribution in [3.05, 3.63) is 53.8 Å². The van der Waals surface area contributed by atoms with E-state index >= 15 is 0 Å². The van der Waals surface area contributed by atoms with E-state index in [1.54, 1.807) is 6.20 Å². The average molecular weight is 455 g/mol. The van der Waals surface area contributed by atoms with Crippen LogP contribution in [0.5, 0.6) is 17.2 Å².